The summed E-state index contributed by atoms with van der Waals surface area (Å²) >= 11 is 0. The maximum absolute atomic E-state index is 11.2. The maximum atomic E-state index is 11.2. The van der Waals surface area contributed by atoms with Crippen molar-refractivity contribution in [3.8, 4) is 12.3 Å². The molecule has 0 fully saturated rings. The van der Waals surface area contributed by atoms with E-state index < -0.39 is 0 Å². The van der Waals surface area contributed by atoms with Crippen LogP contribution in [0.15, 0.2) is 0 Å². The van der Waals surface area contributed by atoms with Crippen molar-refractivity contribution in [1.82, 2.24) is 0 Å². The average Bonchev–Trinajstić information content (AvgIpc) is 2.99. The summed E-state index contributed by atoms with van der Waals surface area (Å²) in [5.41, 5.74) is 0. The van der Waals surface area contributed by atoms with Crippen LogP contribution in [0.5, 0.6) is 0 Å². The highest BCUT2D eigenvalue weighted by molar-refractivity contribution is 5.69. The van der Waals surface area contributed by atoms with E-state index in [-0.39, 0.29) is 12.6 Å². The first kappa shape index (κ1) is 40.6. The fraction of sp³-hybridized carbons (Fsp3) is 0.897. The molecule has 248 valence electrons. The lowest BCUT2D eigenvalue weighted by Crippen LogP contribution is -2.15. The van der Waals surface area contributed by atoms with Crippen LogP contribution in [0.4, 0.5) is 0 Å². The van der Waals surface area contributed by atoms with Gasteiger partial charge < -0.3 is 56.8 Å². The summed E-state index contributed by atoms with van der Waals surface area (Å²) in [6.07, 6.45) is 6.30. The smallest absolute Gasteiger partial charge is 0.305 e. The Morgan fingerprint density at radius 2 is 0.667 bits per heavy atom. The molecule has 0 saturated carbocycles. The number of carbonyl (C=O) groups excluding carboxylic acids is 1. The van der Waals surface area contributed by atoms with Crippen molar-refractivity contribution in [2.75, 3.05) is 152 Å². The summed E-state index contributed by atoms with van der Waals surface area (Å²) in [5, 5.41) is 0. The zero-order valence-electron chi connectivity index (χ0n) is 25.6. The summed E-state index contributed by atoms with van der Waals surface area (Å²) in [7, 11) is 0. The van der Waals surface area contributed by atoms with Crippen LogP contribution in [-0.2, 0) is 61.6 Å². The second-order valence-electron chi connectivity index (χ2n) is 8.35. The van der Waals surface area contributed by atoms with Crippen LogP contribution in [0.1, 0.15) is 19.8 Å². The fourth-order valence-corrected chi connectivity index (χ4v) is 2.82. The topological polar surface area (TPSA) is 128 Å². The van der Waals surface area contributed by atoms with E-state index in [1.54, 1.807) is 0 Å². The summed E-state index contributed by atoms with van der Waals surface area (Å²) in [6.45, 7) is 12.8. The van der Waals surface area contributed by atoms with E-state index >= 15 is 0 Å². The van der Waals surface area contributed by atoms with Gasteiger partial charge in [0.25, 0.3) is 0 Å². The highest BCUT2D eigenvalue weighted by Gasteiger charge is 2.00. The van der Waals surface area contributed by atoms with Gasteiger partial charge in [0.1, 0.15) is 13.2 Å². The van der Waals surface area contributed by atoms with Gasteiger partial charge in [0, 0.05) is 6.42 Å². The van der Waals surface area contributed by atoms with Crippen LogP contribution in [-0.4, -0.2) is 158 Å². The van der Waals surface area contributed by atoms with E-state index in [2.05, 4.69) is 5.92 Å². The monoisotopic (exact) mass is 610 g/mol. The van der Waals surface area contributed by atoms with Gasteiger partial charge in [-0.3, -0.25) is 4.79 Å². The fourth-order valence-electron chi connectivity index (χ4n) is 2.82. The molecular formula is C29H54O13. The van der Waals surface area contributed by atoms with Crippen LogP contribution in [0, 0.1) is 12.3 Å². The normalized spacial score (nSPS) is 11.1. The van der Waals surface area contributed by atoms with Crippen molar-refractivity contribution in [2.24, 2.45) is 0 Å². The molecule has 0 unspecified atom stereocenters. The van der Waals surface area contributed by atoms with Crippen LogP contribution >= 0.6 is 0 Å². The lowest BCUT2D eigenvalue weighted by molar-refractivity contribution is -0.145. The highest BCUT2D eigenvalue weighted by Crippen LogP contribution is 1.91. The Labute approximate surface area is 251 Å². The van der Waals surface area contributed by atoms with Gasteiger partial charge >= 0.3 is 5.97 Å². The standard InChI is InChI=1S/C29H54O13/c1-3-5-29(30)42-28-27-41-26-25-40-24-23-39-22-21-38-20-19-37-18-17-36-16-15-35-14-13-34-12-11-33-10-9-32-8-7-31-6-4-2/h2H,3,5-28H2,1H3. The Hall–Kier alpha value is -1.41. The molecule has 0 spiro atoms. The Balaban J connectivity index is 3.05. The molecule has 0 amide bonds. The van der Waals surface area contributed by atoms with Gasteiger partial charge in [0.05, 0.1) is 139 Å². The third-order valence-electron chi connectivity index (χ3n) is 4.85. The molecular weight excluding hydrogens is 556 g/mol. The molecule has 0 aliphatic rings. The molecule has 0 bridgehead atoms. The number of ether oxygens (including phenoxy) is 12. The average molecular weight is 611 g/mol. The zero-order valence-corrected chi connectivity index (χ0v) is 25.6. The van der Waals surface area contributed by atoms with Crippen molar-refractivity contribution in [3.05, 3.63) is 0 Å². The van der Waals surface area contributed by atoms with Gasteiger partial charge in [0.15, 0.2) is 0 Å². The highest BCUT2D eigenvalue weighted by atomic mass is 16.6. The first-order valence-corrected chi connectivity index (χ1v) is 14.8. The molecule has 42 heavy (non-hydrogen) atoms. The van der Waals surface area contributed by atoms with E-state index in [1.807, 2.05) is 6.92 Å². The van der Waals surface area contributed by atoms with Gasteiger partial charge in [-0.05, 0) is 6.42 Å². The van der Waals surface area contributed by atoms with Crippen molar-refractivity contribution < 1.29 is 61.6 Å². The lowest BCUT2D eigenvalue weighted by Gasteiger charge is -2.09. The third-order valence-corrected chi connectivity index (χ3v) is 4.85. The third kappa shape index (κ3) is 36.6. The predicted molar refractivity (Wildman–Crippen MR) is 154 cm³/mol. The van der Waals surface area contributed by atoms with E-state index in [0.717, 1.165) is 6.42 Å². The minimum Gasteiger partial charge on any atom is -0.463 e. The van der Waals surface area contributed by atoms with E-state index in [0.29, 0.717) is 152 Å². The summed E-state index contributed by atoms with van der Waals surface area (Å²) in [4.78, 5) is 11.2. The van der Waals surface area contributed by atoms with Crippen molar-refractivity contribution >= 4 is 5.97 Å². The number of hydrogen-bond acceptors (Lipinski definition) is 13. The Kier molecular flexibility index (Phi) is 36.4. The van der Waals surface area contributed by atoms with Crippen LogP contribution in [0.2, 0.25) is 0 Å². The van der Waals surface area contributed by atoms with Gasteiger partial charge in [-0.15, -0.1) is 6.42 Å². The number of hydrogen-bond donors (Lipinski definition) is 0. The minimum absolute atomic E-state index is 0.189. The Morgan fingerprint density at radius 3 is 0.905 bits per heavy atom. The summed E-state index contributed by atoms with van der Waals surface area (Å²) < 4.78 is 64.2. The molecule has 0 aliphatic heterocycles. The molecule has 0 aromatic carbocycles. The lowest BCUT2D eigenvalue weighted by atomic mass is 10.3. The van der Waals surface area contributed by atoms with E-state index in [1.165, 1.54) is 0 Å². The van der Waals surface area contributed by atoms with Gasteiger partial charge in [0.2, 0.25) is 0 Å². The molecule has 0 aliphatic carbocycles. The van der Waals surface area contributed by atoms with E-state index in [4.69, 9.17) is 63.3 Å². The summed E-state index contributed by atoms with van der Waals surface area (Å²) in [5.74, 6) is 2.20. The van der Waals surface area contributed by atoms with Crippen molar-refractivity contribution in [3.63, 3.8) is 0 Å². The van der Waals surface area contributed by atoms with Crippen molar-refractivity contribution in [1.29, 1.82) is 0 Å². The quantitative estimate of drug-likeness (QED) is 0.0572. The number of terminal acetylenes is 1. The van der Waals surface area contributed by atoms with E-state index in [9.17, 15) is 4.79 Å². The Bertz CT molecular complexity index is 574. The molecule has 0 radical (unpaired) electrons. The predicted octanol–water partition coefficient (Wildman–Crippen LogP) is 1.15. The minimum atomic E-state index is -0.189. The van der Waals surface area contributed by atoms with Crippen molar-refractivity contribution in [2.45, 2.75) is 19.8 Å². The van der Waals surface area contributed by atoms with Crippen LogP contribution in [0.3, 0.4) is 0 Å². The summed E-state index contributed by atoms with van der Waals surface area (Å²) in [6, 6.07) is 0. The molecule has 13 heteroatoms. The van der Waals surface area contributed by atoms with Gasteiger partial charge in [-0.2, -0.15) is 0 Å². The number of rotatable bonds is 36. The largest absolute Gasteiger partial charge is 0.463 e. The van der Waals surface area contributed by atoms with Crippen LogP contribution < -0.4 is 0 Å². The number of carbonyl (C=O) groups is 1. The molecule has 0 N–H and O–H groups in total. The molecule has 0 saturated heterocycles. The second kappa shape index (κ2) is 37.6. The molecule has 0 heterocycles. The SMILES string of the molecule is C#CCOCCOCCOCCOCCOCCOCCOCCOCCOCCOCCOCCOC(=O)CCC. The van der Waals surface area contributed by atoms with Gasteiger partial charge in [-0.25, -0.2) is 0 Å². The number of esters is 1. The second-order valence-corrected chi connectivity index (χ2v) is 8.35. The zero-order chi connectivity index (χ0) is 30.4. The van der Waals surface area contributed by atoms with Crippen LogP contribution in [0.25, 0.3) is 0 Å². The van der Waals surface area contributed by atoms with Gasteiger partial charge in [-0.1, -0.05) is 12.8 Å². The molecule has 13 nitrogen and oxygen atoms in total. The molecule has 0 aromatic rings. The first-order valence-electron chi connectivity index (χ1n) is 14.8. The molecule has 0 atom stereocenters. The Morgan fingerprint density at radius 1 is 0.429 bits per heavy atom. The maximum Gasteiger partial charge on any atom is 0.305 e. The molecule has 0 rings (SSSR count). The molecule has 0 aromatic heterocycles. The first-order chi connectivity index (χ1) is 20.8.